The molecule has 4 nitrogen and oxygen atoms in total. The van der Waals surface area contributed by atoms with Crippen molar-refractivity contribution in [2.75, 3.05) is 0 Å². The largest absolute Gasteiger partial charge is 0.504 e. The molecule has 4 heteroatoms. The maximum atomic E-state index is 11.9. The van der Waals surface area contributed by atoms with E-state index in [-0.39, 0.29) is 23.3 Å². The number of rotatable bonds is 1. The van der Waals surface area contributed by atoms with Crippen molar-refractivity contribution in [1.29, 1.82) is 0 Å². The van der Waals surface area contributed by atoms with E-state index < -0.39 is 5.78 Å². The Morgan fingerprint density at radius 2 is 1.92 bits per heavy atom. The first-order valence-corrected chi connectivity index (χ1v) is 9.15. The Hall–Kier alpha value is -2.23. The molecule has 0 spiro atoms. The third-order valence-corrected chi connectivity index (χ3v) is 6.19. The summed E-state index contributed by atoms with van der Waals surface area (Å²) in [6, 6.07) is 3.96. The van der Waals surface area contributed by atoms with Gasteiger partial charge in [-0.1, -0.05) is 44.4 Å². The van der Waals surface area contributed by atoms with Crippen LogP contribution in [0.5, 0.6) is 11.5 Å². The lowest BCUT2D eigenvalue weighted by Crippen LogP contribution is -2.35. The Balaban J connectivity index is 1.90. The third-order valence-electron chi connectivity index (χ3n) is 6.19. The van der Waals surface area contributed by atoms with E-state index in [9.17, 15) is 15.0 Å². The highest BCUT2D eigenvalue weighted by Gasteiger charge is 2.45. The van der Waals surface area contributed by atoms with Gasteiger partial charge in [0.25, 0.3) is 0 Å². The molecule has 0 radical (unpaired) electrons. The van der Waals surface area contributed by atoms with Crippen LogP contribution in [-0.4, -0.2) is 16.0 Å². The first-order chi connectivity index (χ1) is 12.0. The first-order valence-electron chi connectivity index (χ1n) is 9.15. The second-order valence-corrected chi connectivity index (χ2v) is 7.66. The molecular formula is C21H24O4. The second kappa shape index (κ2) is 5.94. The molecule has 2 aliphatic carbocycles. The van der Waals surface area contributed by atoms with Crippen LogP contribution in [0, 0.1) is 24.7 Å². The third kappa shape index (κ3) is 2.46. The Bertz CT molecular complexity index is 789. The van der Waals surface area contributed by atoms with Crippen LogP contribution in [0.25, 0.3) is 0 Å². The molecule has 1 fully saturated rings. The summed E-state index contributed by atoms with van der Waals surface area (Å²) < 4.78 is 5.89. The summed E-state index contributed by atoms with van der Waals surface area (Å²) in [5.41, 5.74) is 1.72. The monoisotopic (exact) mass is 340 g/mol. The number of phenolic OH excluding ortho intramolecular Hbond substituents is 1. The van der Waals surface area contributed by atoms with Crippen LogP contribution in [0.2, 0.25) is 0 Å². The van der Waals surface area contributed by atoms with Crippen LogP contribution in [0.3, 0.4) is 0 Å². The van der Waals surface area contributed by atoms with Crippen molar-refractivity contribution in [3.05, 3.63) is 46.9 Å². The number of hydrogen-bond donors (Lipinski definition) is 2. The predicted octanol–water partition coefficient (Wildman–Crippen LogP) is 4.53. The van der Waals surface area contributed by atoms with Gasteiger partial charge in [0.05, 0.1) is 0 Å². The molecular weight excluding hydrogens is 316 g/mol. The van der Waals surface area contributed by atoms with Crippen LogP contribution >= 0.6 is 0 Å². The van der Waals surface area contributed by atoms with Crippen molar-refractivity contribution in [1.82, 2.24) is 0 Å². The van der Waals surface area contributed by atoms with E-state index >= 15 is 0 Å². The Kier molecular flexibility index (Phi) is 3.86. The molecule has 132 valence electrons. The quantitative estimate of drug-likeness (QED) is 0.788. The lowest BCUT2D eigenvalue weighted by atomic mass is 9.64. The first kappa shape index (κ1) is 16.2. The van der Waals surface area contributed by atoms with Crippen molar-refractivity contribution in [2.24, 2.45) is 17.8 Å². The fourth-order valence-electron chi connectivity index (χ4n) is 4.77. The second-order valence-electron chi connectivity index (χ2n) is 7.66. The molecule has 3 aliphatic rings. The number of ketones is 1. The summed E-state index contributed by atoms with van der Waals surface area (Å²) >= 11 is 0. The van der Waals surface area contributed by atoms with E-state index in [2.05, 4.69) is 6.92 Å². The molecule has 1 aliphatic heterocycles. The number of aryl methyl sites for hydroxylation is 1. The Morgan fingerprint density at radius 3 is 2.68 bits per heavy atom. The van der Waals surface area contributed by atoms with E-state index in [1.54, 1.807) is 0 Å². The number of carbonyl (C=O) groups is 1. The predicted molar refractivity (Wildman–Crippen MR) is 94.6 cm³/mol. The number of fused-ring (bicyclic) bond motifs is 2. The van der Waals surface area contributed by atoms with Crippen LogP contribution in [-0.2, 0) is 4.79 Å². The smallest absolute Gasteiger partial charge is 0.223 e. The van der Waals surface area contributed by atoms with Crippen molar-refractivity contribution in [3.8, 4) is 11.5 Å². The van der Waals surface area contributed by atoms with Crippen molar-refractivity contribution in [3.63, 3.8) is 0 Å². The average Bonchev–Trinajstić information content (AvgIpc) is 2.61. The van der Waals surface area contributed by atoms with E-state index in [4.69, 9.17) is 4.74 Å². The normalized spacial score (nSPS) is 31.4. The lowest BCUT2D eigenvalue weighted by Gasteiger charge is -2.43. The highest BCUT2D eigenvalue weighted by atomic mass is 16.5. The van der Waals surface area contributed by atoms with Gasteiger partial charge in [-0.2, -0.15) is 0 Å². The fourth-order valence-corrected chi connectivity index (χ4v) is 4.77. The van der Waals surface area contributed by atoms with Crippen LogP contribution in [0.15, 0.2) is 35.8 Å². The zero-order chi connectivity index (χ0) is 17.7. The molecule has 0 aromatic heterocycles. The number of aromatic hydroxyl groups is 1. The molecule has 1 heterocycles. The number of aliphatic hydroxyl groups is 1. The Morgan fingerprint density at radius 1 is 1.16 bits per heavy atom. The maximum Gasteiger partial charge on any atom is 0.223 e. The Labute approximate surface area is 147 Å². The van der Waals surface area contributed by atoms with E-state index in [1.807, 2.05) is 25.1 Å². The molecule has 1 saturated carbocycles. The van der Waals surface area contributed by atoms with E-state index in [0.717, 1.165) is 17.5 Å². The van der Waals surface area contributed by atoms with E-state index in [0.29, 0.717) is 23.3 Å². The average molecular weight is 340 g/mol. The highest BCUT2D eigenvalue weighted by Crippen LogP contribution is 2.55. The summed E-state index contributed by atoms with van der Waals surface area (Å²) in [4.78, 5) is 11.9. The summed E-state index contributed by atoms with van der Waals surface area (Å²) in [5.74, 6) is 0.987. The molecule has 1 aromatic carbocycles. The molecule has 0 bridgehead atoms. The van der Waals surface area contributed by atoms with Crippen LogP contribution < -0.4 is 4.74 Å². The fraction of sp³-hybridized carbons (Fsp3) is 0.476. The van der Waals surface area contributed by atoms with Crippen molar-refractivity contribution >= 4 is 5.78 Å². The molecule has 0 saturated heterocycles. The zero-order valence-electron chi connectivity index (χ0n) is 14.7. The van der Waals surface area contributed by atoms with Gasteiger partial charge in [0.1, 0.15) is 0 Å². The highest BCUT2D eigenvalue weighted by molar-refractivity contribution is 6.03. The lowest BCUT2D eigenvalue weighted by molar-refractivity contribution is -0.114. The van der Waals surface area contributed by atoms with Gasteiger partial charge in [-0.15, -0.1) is 0 Å². The van der Waals surface area contributed by atoms with Gasteiger partial charge in [0, 0.05) is 17.4 Å². The number of benzene rings is 1. The zero-order valence-corrected chi connectivity index (χ0v) is 14.7. The number of carbonyl (C=O) groups excluding carboxylic acids is 1. The number of hydrogen-bond acceptors (Lipinski definition) is 4. The van der Waals surface area contributed by atoms with Crippen molar-refractivity contribution < 1.29 is 19.7 Å². The van der Waals surface area contributed by atoms with Crippen molar-refractivity contribution in [2.45, 2.75) is 45.4 Å². The van der Waals surface area contributed by atoms with Gasteiger partial charge >= 0.3 is 0 Å². The summed E-state index contributed by atoms with van der Waals surface area (Å²) in [7, 11) is 0. The standard InChI is InChI=1S/C21H24O4/c1-11-5-3-4-6-13(11)17-14-8-7-12(2)18(23)20(14)25-21-15(17)9-10-16(22)19(21)24/h7-11,13,15,17,23-24H,3-6H2,1-2H3. The van der Waals surface area contributed by atoms with Crippen LogP contribution in [0.4, 0.5) is 0 Å². The molecule has 4 rings (SSSR count). The summed E-state index contributed by atoms with van der Waals surface area (Å²) in [6.07, 6.45) is 8.07. The van der Waals surface area contributed by atoms with Gasteiger partial charge < -0.3 is 14.9 Å². The van der Waals surface area contributed by atoms with Crippen LogP contribution in [0.1, 0.15) is 49.7 Å². The van der Waals surface area contributed by atoms with Gasteiger partial charge in [-0.25, -0.2) is 0 Å². The number of phenols is 1. The molecule has 25 heavy (non-hydrogen) atoms. The van der Waals surface area contributed by atoms with Gasteiger partial charge in [0.2, 0.25) is 11.5 Å². The van der Waals surface area contributed by atoms with E-state index in [1.165, 1.54) is 25.3 Å². The minimum Gasteiger partial charge on any atom is -0.504 e. The topological polar surface area (TPSA) is 66.8 Å². The number of aliphatic hydroxyl groups excluding tert-OH is 1. The molecule has 4 unspecified atom stereocenters. The van der Waals surface area contributed by atoms with Gasteiger partial charge in [0.15, 0.2) is 17.3 Å². The minimum atomic E-state index is -0.433. The molecule has 4 atom stereocenters. The summed E-state index contributed by atoms with van der Waals surface area (Å²) in [6.45, 7) is 4.11. The molecule has 2 N–H and O–H groups in total. The molecule has 0 amide bonds. The number of ether oxygens (including phenoxy) is 1. The SMILES string of the molecule is Cc1ccc2c(c1O)OC1=C(O)C(=O)C=CC1C2C1CCCCC1C. The van der Waals surface area contributed by atoms with Gasteiger partial charge in [-0.05, 0) is 36.8 Å². The summed E-state index contributed by atoms with van der Waals surface area (Å²) in [5, 5.41) is 20.8. The maximum absolute atomic E-state index is 11.9. The van der Waals surface area contributed by atoms with Gasteiger partial charge in [-0.3, -0.25) is 4.79 Å². The minimum absolute atomic E-state index is 0.103. The number of allylic oxidation sites excluding steroid dienone is 2. The molecule has 1 aromatic rings.